The third kappa shape index (κ3) is 3.65. The molecule has 0 aromatic heterocycles. The quantitative estimate of drug-likeness (QED) is 0.847. The van der Waals surface area contributed by atoms with Gasteiger partial charge in [-0.25, -0.2) is 8.42 Å². The molecule has 1 unspecified atom stereocenters. The fourth-order valence-electron chi connectivity index (χ4n) is 2.15. The fourth-order valence-corrected chi connectivity index (χ4v) is 3.75. The Hall–Kier alpha value is -0.330. The Labute approximate surface area is 129 Å². The molecule has 1 aliphatic rings. The van der Waals surface area contributed by atoms with Gasteiger partial charge in [0.2, 0.25) is 10.0 Å². The van der Waals surface area contributed by atoms with Gasteiger partial charge in [0.1, 0.15) is 0 Å². The Morgan fingerprint density at radius 2 is 2.05 bits per heavy atom. The second kappa shape index (κ2) is 6.62. The van der Waals surface area contributed by atoms with Crippen molar-refractivity contribution in [3.8, 4) is 0 Å². The number of halogens is 2. The van der Waals surface area contributed by atoms with E-state index in [0.717, 1.165) is 19.3 Å². The number of rotatable bonds is 4. The molecule has 0 radical (unpaired) electrons. The Morgan fingerprint density at radius 3 is 2.65 bits per heavy atom. The van der Waals surface area contributed by atoms with Gasteiger partial charge in [0.25, 0.3) is 0 Å². The lowest BCUT2D eigenvalue weighted by atomic mass is 10.1. The lowest BCUT2D eigenvalue weighted by Gasteiger charge is -2.27. The van der Waals surface area contributed by atoms with Gasteiger partial charge in [-0.3, -0.25) is 0 Å². The highest BCUT2D eigenvalue weighted by molar-refractivity contribution is 7.89. The molecule has 4 nitrogen and oxygen atoms in total. The molecule has 1 aromatic rings. The maximum atomic E-state index is 12.4. The van der Waals surface area contributed by atoms with Gasteiger partial charge in [0.05, 0.1) is 21.0 Å². The molecule has 1 saturated heterocycles. The summed E-state index contributed by atoms with van der Waals surface area (Å²) in [6.45, 7) is 1.05. The van der Waals surface area contributed by atoms with Crippen LogP contribution in [0.1, 0.15) is 19.3 Å². The molecular weight excluding hydrogens is 321 g/mol. The van der Waals surface area contributed by atoms with Crippen molar-refractivity contribution in [2.45, 2.75) is 30.3 Å². The summed E-state index contributed by atoms with van der Waals surface area (Å²) in [7, 11) is -2.02. The van der Waals surface area contributed by atoms with Gasteiger partial charge in [-0.15, -0.1) is 0 Å². The average Bonchev–Trinajstić information content (AvgIpc) is 2.42. The highest BCUT2D eigenvalue weighted by Crippen LogP contribution is 2.26. The summed E-state index contributed by atoms with van der Waals surface area (Å²) in [5, 5.41) is 0.568. The summed E-state index contributed by atoms with van der Waals surface area (Å²) in [6.07, 6.45) is 2.97. The van der Waals surface area contributed by atoms with Crippen molar-refractivity contribution in [2.75, 3.05) is 20.2 Å². The van der Waals surface area contributed by atoms with Crippen LogP contribution in [0.4, 0.5) is 0 Å². The molecule has 1 atom stereocenters. The van der Waals surface area contributed by atoms with E-state index < -0.39 is 10.0 Å². The second-order valence-electron chi connectivity index (χ2n) is 4.85. The highest BCUT2D eigenvalue weighted by atomic mass is 35.5. The van der Waals surface area contributed by atoms with Crippen molar-refractivity contribution in [1.29, 1.82) is 0 Å². The first-order valence-corrected chi connectivity index (χ1v) is 8.64. The van der Waals surface area contributed by atoms with Crippen LogP contribution >= 0.6 is 23.2 Å². The van der Waals surface area contributed by atoms with Crippen LogP contribution in [0.5, 0.6) is 0 Å². The molecule has 0 amide bonds. The SMILES string of the molecule is CN(CC1CCCCO1)S(=O)(=O)c1ccc(Cl)c(Cl)c1. The summed E-state index contributed by atoms with van der Waals surface area (Å²) < 4.78 is 31.8. The summed E-state index contributed by atoms with van der Waals surface area (Å²) in [4.78, 5) is 0.144. The first kappa shape index (κ1) is 16.0. The molecule has 20 heavy (non-hydrogen) atoms. The molecule has 1 aliphatic heterocycles. The molecule has 112 valence electrons. The van der Waals surface area contributed by atoms with E-state index in [2.05, 4.69) is 0 Å². The van der Waals surface area contributed by atoms with Gasteiger partial charge < -0.3 is 4.74 Å². The lowest BCUT2D eigenvalue weighted by molar-refractivity contribution is 0.00858. The second-order valence-corrected chi connectivity index (χ2v) is 7.71. The largest absolute Gasteiger partial charge is 0.377 e. The number of hydrogen-bond acceptors (Lipinski definition) is 3. The Balaban J connectivity index is 2.13. The summed E-state index contributed by atoms with van der Waals surface area (Å²) >= 11 is 11.7. The van der Waals surface area contributed by atoms with E-state index in [1.165, 1.54) is 22.5 Å². The molecule has 2 rings (SSSR count). The van der Waals surface area contributed by atoms with Gasteiger partial charge in [-0.05, 0) is 37.5 Å². The monoisotopic (exact) mass is 337 g/mol. The molecule has 0 bridgehead atoms. The standard InChI is InChI=1S/C13H17Cl2NO3S/c1-16(9-10-4-2-3-7-19-10)20(17,18)11-5-6-12(14)13(15)8-11/h5-6,8,10H,2-4,7,9H2,1H3. The molecule has 7 heteroatoms. The number of sulfonamides is 1. The van der Waals surface area contributed by atoms with Crippen molar-refractivity contribution >= 4 is 33.2 Å². The van der Waals surface area contributed by atoms with E-state index in [1.807, 2.05) is 0 Å². The predicted octanol–water partition coefficient (Wildman–Crippen LogP) is 3.18. The number of benzene rings is 1. The topological polar surface area (TPSA) is 46.6 Å². The average molecular weight is 338 g/mol. The molecule has 0 spiro atoms. The van der Waals surface area contributed by atoms with Crippen LogP contribution in [-0.2, 0) is 14.8 Å². The highest BCUT2D eigenvalue weighted by Gasteiger charge is 2.25. The molecule has 1 fully saturated rings. The van der Waals surface area contributed by atoms with Crippen LogP contribution in [0.2, 0.25) is 10.0 Å². The number of nitrogens with zero attached hydrogens (tertiary/aromatic N) is 1. The van der Waals surface area contributed by atoms with Crippen molar-refractivity contribution in [3.63, 3.8) is 0 Å². The summed E-state index contributed by atoms with van der Waals surface area (Å²) in [5.41, 5.74) is 0. The fraction of sp³-hybridized carbons (Fsp3) is 0.538. The smallest absolute Gasteiger partial charge is 0.242 e. The molecule has 1 aromatic carbocycles. The Bertz CT molecular complexity index is 571. The Morgan fingerprint density at radius 1 is 1.30 bits per heavy atom. The molecule has 1 heterocycles. The first-order chi connectivity index (χ1) is 9.41. The van der Waals surface area contributed by atoms with Crippen LogP contribution in [0, 0.1) is 0 Å². The van der Waals surface area contributed by atoms with Crippen LogP contribution < -0.4 is 0 Å². The van der Waals surface area contributed by atoms with E-state index in [9.17, 15) is 8.42 Å². The normalized spacial score (nSPS) is 20.3. The summed E-state index contributed by atoms with van der Waals surface area (Å²) in [6, 6.07) is 4.32. The van der Waals surface area contributed by atoms with Crippen molar-refractivity contribution in [2.24, 2.45) is 0 Å². The molecule has 0 aliphatic carbocycles. The van der Waals surface area contributed by atoms with E-state index in [4.69, 9.17) is 27.9 Å². The predicted molar refractivity (Wildman–Crippen MR) is 79.9 cm³/mol. The summed E-state index contributed by atoms with van der Waals surface area (Å²) in [5.74, 6) is 0. The number of hydrogen-bond donors (Lipinski definition) is 0. The van der Waals surface area contributed by atoms with Crippen LogP contribution in [0.15, 0.2) is 23.1 Å². The third-order valence-corrected chi connectivity index (χ3v) is 5.89. The van der Waals surface area contributed by atoms with Crippen molar-refractivity contribution in [1.82, 2.24) is 4.31 Å². The van der Waals surface area contributed by atoms with Gasteiger partial charge in [-0.1, -0.05) is 23.2 Å². The van der Waals surface area contributed by atoms with Crippen LogP contribution in [0.25, 0.3) is 0 Å². The van der Waals surface area contributed by atoms with Crippen LogP contribution in [0.3, 0.4) is 0 Å². The Kier molecular flexibility index (Phi) is 5.31. The molecule has 0 saturated carbocycles. The maximum Gasteiger partial charge on any atom is 0.242 e. The number of ether oxygens (including phenoxy) is 1. The van der Waals surface area contributed by atoms with Gasteiger partial charge >= 0.3 is 0 Å². The zero-order chi connectivity index (χ0) is 14.8. The van der Waals surface area contributed by atoms with Crippen molar-refractivity contribution in [3.05, 3.63) is 28.2 Å². The van der Waals surface area contributed by atoms with E-state index in [0.29, 0.717) is 18.2 Å². The minimum absolute atomic E-state index is 0.0358. The van der Waals surface area contributed by atoms with E-state index in [-0.39, 0.29) is 16.0 Å². The zero-order valence-corrected chi connectivity index (χ0v) is 13.5. The third-order valence-electron chi connectivity index (χ3n) is 3.33. The van der Waals surface area contributed by atoms with Crippen LogP contribution in [-0.4, -0.2) is 39.0 Å². The van der Waals surface area contributed by atoms with Gasteiger partial charge in [0, 0.05) is 20.2 Å². The van der Waals surface area contributed by atoms with E-state index >= 15 is 0 Å². The minimum atomic E-state index is -3.57. The van der Waals surface area contributed by atoms with Gasteiger partial charge in [-0.2, -0.15) is 4.31 Å². The lowest BCUT2D eigenvalue weighted by Crippen LogP contribution is -2.37. The first-order valence-electron chi connectivity index (χ1n) is 6.44. The van der Waals surface area contributed by atoms with Gasteiger partial charge in [0.15, 0.2) is 0 Å². The molecule has 0 N–H and O–H groups in total. The van der Waals surface area contributed by atoms with Crippen molar-refractivity contribution < 1.29 is 13.2 Å². The van der Waals surface area contributed by atoms with E-state index in [1.54, 1.807) is 7.05 Å². The minimum Gasteiger partial charge on any atom is -0.377 e. The zero-order valence-electron chi connectivity index (χ0n) is 11.2. The molecular formula is C13H17Cl2NO3S. The number of likely N-dealkylation sites (N-methyl/N-ethyl adjacent to an activating group) is 1. The maximum absolute atomic E-state index is 12.4.